The van der Waals surface area contributed by atoms with Crippen LogP contribution in [0.15, 0.2) is 0 Å². The van der Waals surface area contributed by atoms with Crippen LogP contribution < -0.4 is 10.6 Å². The molecule has 2 heterocycles. The highest BCUT2D eigenvalue weighted by atomic mass is 32.1. The molecule has 0 radical (unpaired) electrons. The molecular weight excluding hydrogens is 408 g/mol. The molecule has 5 unspecified atom stereocenters. The van der Waals surface area contributed by atoms with E-state index in [2.05, 4.69) is 17.6 Å². The predicted molar refractivity (Wildman–Crippen MR) is 121 cm³/mol. The Morgan fingerprint density at radius 2 is 1.87 bits per heavy atom. The molecule has 2 amide bonds. The summed E-state index contributed by atoms with van der Waals surface area (Å²) in [6, 6.07) is 0.236. The molecule has 1 aromatic heterocycles. The number of ether oxygens (including phenoxy) is 1. The van der Waals surface area contributed by atoms with Crippen LogP contribution in [0.1, 0.15) is 85.5 Å². The van der Waals surface area contributed by atoms with Gasteiger partial charge in [-0.2, -0.15) is 0 Å². The van der Waals surface area contributed by atoms with Crippen LogP contribution in [-0.2, 0) is 22.6 Å². The van der Waals surface area contributed by atoms with Crippen LogP contribution in [-0.4, -0.2) is 24.5 Å². The lowest BCUT2D eigenvalue weighted by Gasteiger charge is -2.31. The maximum Gasteiger partial charge on any atom is 0.254 e. The molecule has 5 aliphatic carbocycles. The van der Waals surface area contributed by atoms with Gasteiger partial charge in [-0.1, -0.05) is 19.8 Å². The first kappa shape index (κ1) is 20.2. The molecule has 2 N–H and O–H groups in total. The van der Waals surface area contributed by atoms with Gasteiger partial charge in [0.25, 0.3) is 5.91 Å². The maximum atomic E-state index is 13.6. The Kier molecular flexibility index (Phi) is 4.95. The van der Waals surface area contributed by atoms with Gasteiger partial charge in [0.2, 0.25) is 5.91 Å². The Morgan fingerprint density at radius 1 is 1.10 bits per heavy atom. The molecule has 0 saturated heterocycles. The molecular formula is C25H34N2O3S. The molecule has 1 aromatic rings. The number of rotatable bonds is 4. The topological polar surface area (TPSA) is 67.4 Å². The van der Waals surface area contributed by atoms with E-state index in [1.165, 1.54) is 38.5 Å². The molecule has 5 saturated carbocycles. The van der Waals surface area contributed by atoms with E-state index in [9.17, 15) is 9.59 Å². The number of hydrogen-bond donors (Lipinski definition) is 2. The van der Waals surface area contributed by atoms with Crippen molar-refractivity contribution >= 4 is 28.2 Å². The minimum atomic E-state index is -0.180. The Morgan fingerprint density at radius 3 is 2.65 bits per heavy atom. The van der Waals surface area contributed by atoms with Crippen molar-refractivity contribution in [1.29, 1.82) is 0 Å². The standard InChI is InChI=1S/C25H34N2O3S/c1-14-4-2-3-5-19(14)26-22(28)21-18-6-7-30-13-20(18)31-23(21)27-24(29)25-11-15-8-16(12-25)10-17(25)9-15/h14-17,19H,2-13H2,1H3,(H,26,28)(H,27,29)/t14?,15-,16?,17?,19?,25?/m0/s1. The fourth-order valence-electron chi connectivity index (χ4n) is 7.73. The summed E-state index contributed by atoms with van der Waals surface area (Å²) in [5.74, 6) is 2.73. The molecule has 0 aromatic carbocycles. The van der Waals surface area contributed by atoms with Gasteiger partial charge in [0.05, 0.1) is 24.2 Å². The molecule has 6 atom stereocenters. The van der Waals surface area contributed by atoms with Crippen LogP contribution in [0.25, 0.3) is 0 Å². The van der Waals surface area contributed by atoms with Gasteiger partial charge in [-0.15, -0.1) is 11.3 Å². The number of nitrogens with one attached hydrogen (secondary N) is 2. The summed E-state index contributed by atoms with van der Waals surface area (Å²) in [5, 5.41) is 7.41. The number of hydrogen-bond acceptors (Lipinski definition) is 4. The zero-order valence-corrected chi connectivity index (χ0v) is 19.3. The van der Waals surface area contributed by atoms with Crippen molar-refractivity contribution in [2.45, 2.75) is 83.8 Å². The van der Waals surface area contributed by atoms with Crippen LogP contribution in [0.2, 0.25) is 0 Å². The summed E-state index contributed by atoms with van der Waals surface area (Å²) in [6.45, 7) is 3.44. The summed E-state index contributed by atoms with van der Waals surface area (Å²) in [6.07, 6.45) is 11.3. The molecule has 5 nitrogen and oxygen atoms in total. The summed E-state index contributed by atoms with van der Waals surface area (Å²) >= 11 is 1.57. The molecule has 31 heavy (non-hydrogen) atoms. The fraction of sp³-hybridized carbons (Fsp3) is 0.760. The lowest BCUT2D eigenvalue weighted by atomic mass is 9.75. The third-order valence-electron chi connectivity index (χ3n) is 9.14. The highest BCUT2D eigenvalue weighted by Gasteiger charge is 2.61. The largest absolute Gasteiger partial charge is 0.376 e. The molecule has 1 aliphatic heterocycles. The molecule has 168 valence electrons. The molecule has 6 heteroatoms. The van der Waals surface area contributed by atoms with Crippen LogP contribution in [0.3, 0.4) is 0 Å². The van der Waals surface area contributed by atoms with Gasteiger partial charge in [-0.25, -0.2) is 0 Å². The van der Waals surface area contributed by atoms with Gasteiger partial charge in [0.15, 0.2) is 0 Å². The smallest absolute Gasteiger partial charge is 0.254 e. The summed E-state index contributed by atoms with van der Waals surface area (Å²) in [5.41, 5.74) is 1.64. The van der Waals surface area contributed by atoms with Gasteiger partial charge in [-0.3, -0.25) is 9.59 Å². The van der Waals surface area contributed by atoms with Crippen molar-refractivity contribution in [3.05, 3.63) is 16.0 Å². The van der Waals surface area contributed by atoms with Crippen LogP contribution in [0.5, 0.6) is 0 Å². The van der Waals surface area contributed by atoms with Gasteiger partial charge >= 0.3 is 0 Å². The van der Waals surface area contributed by atoms with Crippen molar-refractivity contribution in [1.82, 2.24) is 5.32 Å². The third-order valence-corrected chi connectivity index (χ3v) is 10.3. The van der Waals surface area contributed by atoms with Crippen molar-refractivity contribution < 1.29 is 14.3 Å². The highest BCUT2D eigenvalue weighted by molar-refractivity contribution is 7.17. The van der Waals surface area contributed by atoms with Crippen molar-refractivity contribution in [3.63, 3.8) is 0 Å². The number of carbonyl (C=O) groups is 2. The van der Waals surface area contributed by atoms with E-state index in [4.69, 9.17) is 4.74 Å². The molecule has 7 rings (SSSR count). The van der Waals surface area contributed by atoms with Gasteiger partial charge in [-0.05, 0) is 80.6 Å². The van der Waals surface area contributed by atoms with E-state index in [1.807, 2.05) is 0 Å². The third kappa shape index (κ3) is 3.28. The van der Waals surface area contributed by atoms with E-state index in [0.717, 1.165) is 58.5 Å². The SMILES string of the molecule is CC1CCCCC1NC(=O)c1c(NC(=O)C23CC4CC2C[C@H](C4)C3)sc2c1CCOC2. The fourth-order valence-corrected chi connectivity index (χ4v) is 8.90. The summed E-state index contributed by atoms with van der Waals surface area (Å²) in [4.78, 5) is 28.3. The molecule has 0 spiro atoms. The first-order valence-corrected chi connectivity index (χ1v) is 13.2. The van der Waals surface area contributed by atoms with E-state index in [1.54, 1.807) is 11.3 Å². The lowest BCUT2D eigenvalue weighted by Crippen LogP contribution is -2.42. The Bertz CT molecular complexity index is 895. The van der Waals surface area contributed by atoms with Gasteiger partial charge in [0.1, 0.15) is 5.00 Å². The van der Waals surface area contributed by atoms with Crippen molar-refractivity contribution in [2.24, 2.45) is 29.1 Å². The zero-order valence-electron chi connectivity index (χ0n) is 18.5. The number of thiophene rings is 1. The first-order chi connectivity index (χ1) is 15.0. The Hall–Kier alpha value is -1.40. The van der Waals surface area contributed by atoms with Crippen molar-refractivity contribution in [2.75, 3.05) is 11.9 Å². The monoisotopic (exact) mass is 442 g/mol. The predicted octanol–water partition coefficient (Wildman–Crippen LogP) is 4.89. The van der Waals surface area contributed by atoms with Gasteiger partial charge < -0.3 is 15.4 Å². The average molecular weight is 443 g/mol. The van der Waals surface area contributed by atoms with E-state index >= 15 is 0 Å². The Balaban J connectivity index is 1.28. The number of anilines is 1. The highest BCUT2D eigenvalue weighted by Crippen LogP contribution is 2.65. The van der Waals surface area contributed by atoms with Crippen LogP contribution >= 0.6 is 11.3 Å². The minimum absolute atomic E-state index is 0.00295. The number of fused-ring (bicyclic) bond motifs is 1. The van der Waals surface area contributed by atoms with E-state index in [-0.39, 0.29) is 23.3 Å². The molecule has 5 fully saturated rings. The number of amides is 2. The van der Waals surface area contributed by atoms with E-state index < -0.39 is 0 Å². The van der Waals surface area contributed by atoms with Crippen molar-refractivity contribution in [3.8, 4) is 0 Å². The normalized spacial score (nSPS) is 38.2. The second-order valence-electron chi connectivity index (χ2n) is 11.0. The zero-order chi connectivity index (χ0) is 21.2. The lowest BCUT2D eigenvalue weighted by molar-refractivity contribution is -0.127. The van der Waals surface area contributed by atoms with Crippen LogP contribution in [0, 0.1) is 29.1 Å². The quantitative estimate of drug-likeness (QED) is 0.697. The minimum Gasteiger partial charge on any atom is -0.376 e. The number of carbonyl (C=O) groups excluding carboxylic acids is 2. The molecule has 4 bridgehead atoms. The first-order valence-electron chi connectivity index (χ1n) is 12.4. The summed E-state index contributed by atoms with van der Waals surface area (Å²) < 4.78 is 5.67. The van der Waals surface area contributed by atoms with Crippen LogP contribution in [0.4, 0.5) is 5.00 Å². The average Bonchev–Trinajstić information content (AvgIpc) is 3.33. The second-order valence-corrected chi connectivity index (χ2v) is 12.1. The van der Waals surface area contributed by atoms with Gasteiger partial charge in [0, 0.05) is 10.9 Å². The van der Waals surface area contributed by atoms with E-state index in [0.29, 0.717) is 25.0 Å². The molecule has 6 aliphatic rings. The summed E-state index contributed by atoms with van der Waals surface area (Å²) in [7, 11) is 0. The second kappa shape index (κ2) is 7.58. The maximum absolute atomic E-state index is 13.6. The Labute approximate surface area is 188 Å².